The second kappa shape index (κ2) is 5.59. The van der Waals surface area contributed by atoms with Crippen LogP contribution in [0.4, 0.5) is 0 Å². The quantitative estimate of drug-likeness (QED) is 0.372. The van der Waals surface area contributed by atoms with Crippen LogP contribution in [0.25, 0.3) is 0 Å². The first-order valence-electron chi connectivity index (χ1n) is 2.97. The summed E-state index contributed by atoms with van der Waals surface area (Å²) in [5, 5.41) is 19.9. The van der Waals surface area contributed by atoms with Crippen molar-refractivity contribution in [3.63, 3.8) is 0 Å². The number of rotatable bonds is 4. The molecule has 0 aliphatic rings. The van der Waals surface area contributed by atoms with E-state index in [-0.39, 0.29) is 6.61 Å². The number of hydrogen-bond donors (Lipinski definition) is 3. The molecule has 3 N–H and O–H groups in total. The van der Waals surface area contributed by atoms with Crippen LogP contribution in [0.3, 0.4) is 0 Å². The molecule has 0 saturated carbocycles. The van der Waals surface area contributed by atoms with Gasteiger partial charge in [0.25, 0.3) is 0 Å². The third kappa shape index (κ3) is 5.33. The molecule has 9 heavy (non-hydrogen) atoms. The number of allylic oxidation sites excluding steroid dienone is 1. The van der Waals surface area contributed by atoms with Crippen LogP contribution in [-0.4, -0.2) is 29.9 Å². The molecule has 0 aromatic heterocycles. The minimum atomic E-state index is 0.108. The monoisotopic (exact) mass is 131 g/mol. The Morgan fingerprint density at radius 3 is 2.78 bits per heavy atom. The van der Waals surface area contributed by atoms with Gasteiger partial charge in [-0.2, -0.15) is 0 Å². The lowest BCUT2D eigenvalue weighted by molar-refractivity contribution is 0.289. The Morgan fingerprint density at radius 1 is 1.67 bits per heavy atom. The first-order valence-corrected chi connectivity index (χ1v) is 2.97. The van der Waals surface area contributed by atoms with E-state index in [1.807, 2.05) is 0 Å². The first kappa shape index (κ1) is 8.46. The molecule has 0 rings (SSSR count). The maximum Gasteiger partial charge on any atom is 0.102 e. The third-order valence-electron chi connectivity index (χ3n) is 0.928. The lowest BCUT2D eigenvalue weighted by atomic mass is 10.4. The van der Waals surface area contributed by atoms with Gasteiger partial charge in [0.15, 0.2) is 0 Å². The fourth-order valence-electron chi connectivity index (χ4n) is 0.398. The van der Waals surface area contributed by atoms with E-state index in [0.717, 1.165) is 0 Å². The molecule has 3 heteroatoms. The molecule has 0 saturated heterocycles. The Kier molecular flexibility index (Phi) is 5.26. The molecule has 0 aliphatic heterocycles. The van der Waals surface area contributed by atoms with Crippen molar-refractivity contribution in [1.82, 2.24) is 5.32 Å². The molecule has 0 amide bonds. The Balaban J connectivity index is 3.07. The van der Waals surface area contributed by atoms with Crippen molar-refractivity contribution in [3.8, 4) is 0 Å². The summed E-state index contributed by atoms with van der Waals surface area (Å²) in [6, 6.07) is 0. The summed E-state index contributed by atoms with van der Waals surface area (Å²) in [5.74, 6) is 0.309. The Morgan fingerprint density at radius 2 is 2.33 bits per heavy atom. The zero-order valence-electron chi connectivity index (χ0n) is 5.59. The van der Waals surface area contributed by atoms with Gasteiger partial charge < -0.3 is 15.5 Å². The van der Waals surface area contributed by atoms with Crippen molar-refractivity contribution in [2.24, 2.45) is 0 Å². The van der Waals surface area contributed by atoms with Crippen LogP contribution in [-0.2, 0) is 0 Å². The number of aliphatic hydroxyl groups excluding tert-OH is 2. The van der Waals surface area contributed by atoms with E-state index in [0.29, 0.717) is 18.8 Å². The summed E-state index contributed by atoms with van der Waals surface area (Å²) in [4.78, 5) is 0. The molecule has 0 bridgehead atoms. The van der Waals surface area contributed by atoms with E-state index in [2.05, 4.69) is 5.32 Å². The summed E-state index contributed by atoms with van der Waals surface area (Å²) < 4.78 is 0. The minimum absolute atomic E-state index is 0.108. The molecule has 0 unspecified atom stereocenters. The zero-order valence-corrected chi connectivity index (χ0v) is 5.59. The standard InChI is InChI=1S/C6H13NO2/c1-2-6(9)5-7-3-4-8/h2,7-9H,3-5H2,1H3/b6-2-. The lowest BCUT2D eigenvalue weighted by Crippen LogP contribution is -2.20. The highest BCUT2D eigenvalue weighted by Gasteiger charge is 1.87. The summed E-state index contributed by atoms with van der Waals surface area (Å²) in [7, 11) is 0. The van der Waals surface area contributed by atoms with Crippen molar-refractivity contribution < 1.29 is 10.2 Å². The van der Waals surface area contributed by atoms with Gasteiger partial charge in [-0.3, -0.25) is 0 Å². The minimum Gasteiger partial charge on any atom is -0.511 e. The summed E-state index contributed by atoms with van der Waals surface area (Å²) in [6.45, 7) is 2.84. The van der Waals surface area contributed by atoms with Crippen LogP contribution in [0.1, 0.15) is 6.92 Å². The molecule has 0 spiro atoms. The molecule has 0 heterocycles. The van der Waals surface area contributed by atoms with Gasteiger partial charge in [0.2, 0.25) is 0 Å². The van der Waals surface area contributed by atoms with Crippen LogP contribution >= 0.6 is 0 Å². The normalized spacial score (nSPS) is 12.0. The molecular weight excluding hydrogens is 118 g/mol. The highest BCUT2D eigenvalue weighted by atomic mass is 16.3. The Bertz CT molecular complexity index is 91.1. The number of aliphatic hydroxyl groups is 2. The van der Waals surface area contributed by atoms with Crippen LogP contribution in [0.5, 0.6) is 0 Å². The largest absolute Gasteiger partial charge is 0.511 e. The lowest BCUT2D eigenvalue weighted by Gasteiger charge is -1.99. The number of nitrogens with one attached hydrogen (secondary N) is 1. The zero-order chi connectivity index (χ0) is 7.11. The van der Waals surface area contributed by atoms with Gasteiger partial charge in [0.05, 0.1) is 13.2 Å². The fraction of sp³-hybridized carbons (Fsp3) is 0.667. The van der Waals surface area contributed by atoms with Gasteiger partial charge in [0, 0.05) is 6.54 Å². The Labute approximate surface area is 55.0 Å². The van der Waals surface area contributed by atoms with Crippen molar-refractivity contribution in [2.75, 3.05) is 19.7 Å². The van der Waals surface area contributed by atoms with E-state index in [1.54, 1.807) is 13.0 Å². The van der Waals surface area contributed by atoms with Crippen molar-refractivity contribution in [3.05, 3.63) is 11.8 Å². The first-order chi connectivity index (χ1) is 4.31. The molecule has 0 aromatic carbocycles. The van der Waals surface area contributed by atoms with E-state index in [1.165, 1.54) is 0 Å². The van der Waals surface area contributed by atoms with Crippen LogP contribution in [0, 0.1) is 0 Å². The molecule has 0 radical (unpaired) electrons. The van der Waals surface area contributed by atoms with Gasteiger partial charge in [-0.15, -0.1) is 0 Å². The molecule has 0 aliphatic carbocycles. The fourth-order valence-corrected chi connectivity index (χ4v) is 0.398. The molecule has 3 nitrogen and oxygen atoms in total. The molecule has 0 aromatic rings. The average molecular weight is 131 g/mol. The van der Waals surface area contributed by atoms with E-state index >= 15 is 0 Å². The highest BCUT2D eigenvalue weighted by molar-refractivity contribution is 4.89. The molecule has 54 valence electrons. The predicted octanol–water partition coefficient (Wildman–Crippen LogP) is 0.0301. The van der Waals surface area contributed by atoms with Crippen LogP contribution < -0.4 is 5.32 Å². The highest BCUT2D eigenvalue weighted by Crippen LogP contribution is 1.81. The molecular formula is C6H13NO2. The van der Waals surface area contributed by atoms with Crippen LogP contribution in [0.2, 0.25) is 0 Å². The van der Waals surface area contributed by atoms with Crippen molar-refractivity contribution >= 4 is 0 Å². The number of hydrogen-bond acceptors (Lipinski definition) is 3. The SMILES string of the molecule is C/C=C(\O)CNCCO. The molecule has 0 fully saturated rings. The summed E-state index contributed by atoms with van der Waals surface area (Å²) in [6.07, 6.45) is 1.62. The van der Waals surface area contributed by atoms with Gasteiger partial charge in [-0.25, -0.2) is 0 Å². The predicted molar refractivity (Wildman–Crippen MR) is 36.3 cm³/mol. The maximum atomic E-state index is 8.80. The topological polar surface area (TPSA) is 52.5 Å². The summed E-state index contributed by atoms with van der Waals surface area (Å²) >= 11 is 0. The Hall–Kier alpha value is -0.540. The summed E-state index contributed by atoms with van der Waals surface area (Å²) in [5.41, 5.74) is 0. The van der Waals surface area contributed by atoms with Crippen molar-refractivity contribution in [1.29, 1.82) is 0 Å². The van der Waals surface area contributed by atoms with Gasteiger partial charge in [-0.1, -0.05) is 0 Å². The van der Waals surface area contributed by atoms with E-state index in [4.69, 9.17) is 10.2 Å². The van der Waals surface area contributed by atoms with Crippen LogP contribution in [0.15, 0.2) is 11.8 Å². The third-order valence-corrected chi connectivity index (χ3v) is 0.928. The van der Waals surface area contributed by atoms with Gasteiger partial charge in [-0.05, 0) is 13.0 Å². The van der Waals surface area contributed by atoms with Gasteiger partial charge in [0.1, 0.15) is 5.76 Å². The maximum absolute atomic E-state index is 8.80. The average Bonchev–Trinajstić information content (AvgIpc) is 1.89. The second-order valence-corrected chi connectivity index (χ2v) is 1.68. The second-order valence-electron chi connectivity index (χ2n) is 1.68. The van der Waals surface area contributed by atoms with E-state index < -0.39 is 0 Å². The molecule has 0 atom stereocenters. The van der Waals surface area contributed by atoms with Gasteiger partial charge >= 0.3 is 0 Å². The van der Waals surface area contributed by atoms with Crippen molar-refractivity contribution in [2.45, 2.75) is 6.92 Å². The smallest absolute Gasteiger partial charge is 0.102 e. The van der Waals surface area contributed by atoms with E-state index in [9.17, 15) is 0 Å².